The van der Waals surface area contributed by atoms with Gasteiger partial charge in [-0.15, -0.1) is 0 Å². The van der Waals surface area contributed by atoms with E-state index in [4.69, 9.17) is 9.57 Å². The van der Waals surface area contributed by atoms with Gasteiger partial charge in [-0.2, -0.15) is 0 Å². The lowest BCUT2D eigenvalue weighted by molar-refractivity contribution is 0.0233. The molecule has 2 rings (SSSR count). The second-order valence-electron chi connectivity index (χ2n) is 3.79. The molecule has 0 aliphatic carbocycles. The first-order chi connectivity index (χ1) is 9.29. The van der Waals surface area contributed by atoms with Gasteiger partial charge in [-0.3, -0.25) is 9.63 Å². The number of carbonyl (C=O) groups is 1. The topological polar surface area (TPSA) is 60.5 Å². The maximum absolute atomic E-state index is 11.7. The number of aromatic nitrogens is 1. The van der Waals surface area contributed by atoms with E-state index in [-0.39, 0.29) is 5.91 Å². The van der Waals surface area contributed by atoms with E-state index in [9.17, 15) is 4.79 Å². The summed E-state index contributed by atoms with van der Waals surface area (Å²) in [6.07, 6.45) is 1.43. The minimum atomic E-state index is -0.342. The van der Waals surface area contributed by atoms with Crippen LogP contribution in [0.25, 0.3) is 0 Å². The molecular formula is C14H14N2O3. The maximum atomic E-state index is 11.7. The van der Waals surface area contributed by atoms with E-state index >= 15 is 0 Å². The molecule has 0 unspecified atom stereocenters. The molecule has 1 aromatic heterocycles. The number of benzene rings is 1. The lowest BCUT2D eigenvalue weighted by Gasteiger charge is -2.06. The lowest BCUT2D eigenvalue weighted by atomic mass is 10.2. The van der Waals surface area contributed by atoms with Gasteiger partial charge in [0.25, 0.3) is 5.91 Å². The van der Waals surface area contributed by atoms with Crippen LogP contribution in [0.1, 0.15) is 15.9 Å². The van der Waals surface area contributed by atoms with Crippen LogP contribution in [-0.2, 0) is 11.4 Å². The van der Waals surface area contributed by atoms with E-state index in [0.717, 1.165) is 5.56 Å². The van der Waals surface area contributed by atoms with Gasteiger partial charge in [0.2, 0.25) is 5.88 Å². The number of nitrogens with zero attached hydrogens (tertiary/aromatic N) is 1. The molecule has 0 aliphatic rings. The first-order valence-electron chi connectivity index (χ1n) is 5.75. The second-order valence-corrected chi connectivity index (χ2v) is 3.79. The van der Waals surface area contributed by atoms with Gasteiger partial charge >= 0.3 is 0 Å². The maximum Gasteiger partial charge on any atom is 0.276 e. The highest BCUT2D eigenvalue weighted by atomic mass is 16.6. The monoisotopic (exact) mass is 258 g/mol. The third-order valence-corrected chi connectivity index (χ3v) is 2.45. The second kappa shape index (κ2) is 6.51. The molecule has 0 radical (unpaired) electrons. The summed E-state index contributed by atoms with van der Waals surface area (Å²) in [4.78, 5) is 20.8. The molecule has 0 saturated heterocycles. The van der Waals surface area contributed by atoms with Crippen LogP contribution in [0.15, 0.2) is 48.7 Å². The van der Waals surface area contributed by atoms with E-state index in [1.54, 1.807) is 12.1 Å². The first kappa shape index (κ1) is 13.0. The normalized spacial score (nSPS) is 9.95. The van der Waals surface area contributed by atoms with Crippen molar-refractivity contribution in [2.45, 2.75) is 6.61 Å². The van der Waals surface area contributed by atoms with Gasteiger partial charge in [-0.25, -0.2) is 10.5 Å². The summed E-state index contributed by atoms with van der Waals surface area (Å²) in [5.41, 5.74) is 3.76. The largest absolute Gasteiger partial charge is 0.481 e. The number of ether oxygens (including phenoxy) is 1. The zero-order valence-electron chi connectivity index (χ0n) is 10.5. The minimum absolute atomic E-state index is 0.316. The summed E-state index contributed by atoms with van der Waals surface area (Å²) >= 11 is 0. The number of pyridine rings is 1. The summed E-state index contributed by atoms with van der Waals surface area (Å²) in [6.45, 7) is 0.316. The zero-order chi connectivity index (χ0) is 13.5. The van der Waals surface area contributed by atoms with Gasteiger partial charge in [0.1, 0.15) is 0 Å². The molecule has 1 heterocycles. The molecule has 0 bridgehead atoms. The van der Waals surface area contributed by atoms with Crippen molar-refractivity contribution < 1.29 is 14.4 Å². The summed E-state index contributed by atoms with van der Waals surface area (Å²) in [5, 5.41) is 0. The van der Waals surface area contributed by atoms with Crippen LogP contribution in [-0.4, -0.2) is 18.0 Å². The molecule has 19 heavy (non-hydrogen) atoms. The quantitative estimate of drug-likeness (QED) is 0.833. The highest BCUT2D eigenvalue weighted by Gasteiger charge is 2.06. The fraction of sp³-hybridized carbons (Fsp3) is 0.143. The SMILES string of the molecule is COc1ccc(C(=O)NOCc2ccccc2)cn1. The van der Waals surface area contributed by atoms with E-state index in [1.165, 1.54) is 13.3 Å². The fourth-order valence-corrected chi connectivity index (χ4v) is 1.45. The van der Waals surface area contributed by atoms with E-state index in [0.29, 0.717) is 18.1 Å². The third kappa shape index (κ3) is 3.79. The molecular weight excluding hydrogens is 244 g/mol. The van der Waals surface area contributed by atoms with Gasteiger partial charge in [0.15, 0.2) is 0 Å². The Labute approximate surface area is 111 Å². The molecule has 1 aromatic carbocycles. The van der Waals surface area contributed by atoms with Gasteiger partial charge < -0.3 is 4.74 Å². The highest BCUT2D eigenvalue weighted by Crippen LogP contribution is 2.06. The summed E-state index contributed by atoms with van der Waals surface area (Å²) < 4.78 is 4.91. The Kier molecular flexibility index (Phi) is 4.47. The molecule has 2 aromatic rings. The van der Waals surface area contributed by atoms with Crippen molar-refractivity contribution in [3.05, 3.63) is 59.8 Å². The molecule has 98 valence electrons. The minimum Gasteiger partial charge on any atom is -0.481 e. The van der Waals surface area contributed by atoms with E-state index in [1.807, 2.05) is 30.3 Å². The zero-order valence-corrected chi connectivity index (χ0v) is 10.5. The van der Waals surface area contributed by atoms with Crippen molar-refractivity contribution in [1.29, 1.82) is 0 Å². The number of amides is 1. The first-order valence-corrected chi connectivity index (χ1v) is 5.75. The number of nitrogens with one attached hydrogen (secondary N) is 1. The summed E-state index contributed by atoms with van der Waals surface area (Å²) in [5.74, 6) is 0.118. The number of carbonyl (C=O) groups excluding carboxylic acids is 1. The van der Waals surface area contributed by atoms with E-state index < -0.39 is 0 Å². The van der Waals surface area contributed by atoms with Crippen molar-refractivity contribution in [3.63, 3.8) is 0 Å². The Morgan fingerprint density at radius 2 is 2.00 bits per heavy atom. The van der Waals surface area contributed by atoms with Crippen molar-refractivity contribution >= 4 is 5.91 Å². The Morgan fingerprint density at radius 1 is 1.21 bits per heavy atom. The smallest absolute Gasteiger partial charge is 0.276 e. The summed E-state index contributed by atoms with van der Waals surface area (Å²) in [6, 6.07) is 12.8. The number of hydroxylamine groups is 1. The number of hydrogen-bond acceptors (Lipinski definition) is 4. The molecule has 0 spiro atoms. The van der Waals surface area contributed by atoms with Crippen LogP contribution in [0.4, 0.5) is 0 Å². The molecule has 0 atom stereocenters. The van der Waals surface area contributed by atoms with Crippen LogP contribution in [0.5, 0.6) is 5.88 Å². The van der Waals surface area contributed by atoms with Crippen LogP contribution in [0.3, 0.4) is 0 Å². The lowest BCUT2D eigenvalue weighted by Crippen LogP contribution is -2.23. The van der Waals surface area contributed by atoms with Gasteiger partial charge in [-0.05, 0) is 11.6 Å². The Balaban J connectivity index is 1.84. The fourth-order valence-electron chi connectivity index (χ4n) is 1.45. The average molecular weight is 258 g/mol. The van der Waals surface area contributed by atoms with Gasteiger partial charge in [0.05, 0.1) is 19.3 Å². The summed E-state index contributed by atoms with van der Waals surface area (Å²) in [7, 11) is 1.52. The Hall–Kier alpha value is -2.40. The predicted molar refractivity (Wildman–Crippen MR) is 69.5 cm³/mol. The van der Waals surface area contributed by atoms with E-state index in [2.05, 4.69) is 10.5 Å². The van der Waals surface area contributed by atoms with Crippen LogP contribution in [0.2, 0.25) is 0 Å². The molecule has 1 amide bonds. The molecule has 0 fully saturated rings. The van der Waals surface area contributed by atoms with Crippen LogP contribution >= 0.6 is 0 Å². The Morgan fingerprint density at radius 3 is 2.63 bits per heavy atom. The van der Waals surface area contributed by atoms with Crippen molar-refractivity contribution in [1.82, 2.24) is 10.5 Å². The van der Waals surface area contributed by atoms with Crippen molar-refractivity contribution in [3.8, 4) is 5.88 Å². The number of hydrogen-bond donors (Lipinski definition) is 1. The van der Waals surface area contributed by atoms with Crippen LogP contribution < -0.4 is 10.2 Å². The average Bonchev–Trinajstić information content (AvgIpc) is 2.48. The van der Waals surface area contributed by atoms with Gasteiger partial charge in [-0.1, -0.05) is 30.3 Å². The highest BCUT2D eigenvalue weighted by molar-refractivity contribution is 5.93. The number of rotatable bonds is 5. The molecule has 0 saturated carbocycles. The third-order valence-electron chi connectivity index (χ3n) is 2.45. The standard InChI is InChI=1S/C14H14N2O3/c1-18-13-8-7-12(9-15-13)14(17)16-19-10-11-5-3-2-4-6-11/h2-9H,10H2,1H3,(H,16,17). The Bertz CT molecular complexity index is 526. The van der Waals surface area contributed by atoms with Gasteiger partial charge in [0, 0.05) is 12.3 Å². The van der Waals surface area contributed by atoms with Crippen molar-refractivity contribution in [2.24, 2.45) is 0 Å². The molecule has 5 nitrogen and oxygen atoms in total. The van der Waals surface area contributed by atoms with Crippen molar-refractivity contribution in [2.75, 3.05) is 7.11 Å². The molecule has 0 aliphatic heterocycles. The number of methoxy groups -OCH3 is 1. The van der Waals surface area contributed by atoms with Crippen LogP contribution in [0, 0.1) is 0 Å². The molecule has 5 heteroatoms. The molecule has 1 N–H and O–H groups in total. The predicted octanol–water partition coefficient (Wildman–Crippen LogP) is 1.95.